The second-order valence-corrected chi connectivity index (χ2v) is 11.0. The smallest absolute Gasteiger partial charge is 0.225 e. The van der Waals surface area contributed by atoms with Crippen molar-refractivity contribution in [3.63, 3.8) is 0 Å². The quantitative estimate of drug-likeness (QED) is 0.210. The van der Waals surface area contributed by atoms with Gasteiger partial charge in [0.05, 0.1) is 22.2 Å². The molecule has 0 aliphatic heterocycles. The Balaban J connectivity index is 1.50. The minimum atomic E-state index is -1.65. The van der Waals surface area contributed by atoms with Gasteiger partial charge < -0.3 is 26.0 Å². The fourth-order valence-electron chi connectivity index (χ4n) is 4.75. The number of aliphatic hydroxyl groups excluding tert-OH is 2. The molecule has 37 heavy (non-hydrogen) atoms. The van der Waals surface area contributed by atoms with Gasteiger partial charge in [0.1, 0.15) is 22.4 Å². The molecule has 4 aromatic rings. The standard InChI is InChI=1S/C26H29ClN6O3S/c1-14(11-16-3-5-18(27)6-4-16)29-25-30-15(2)21(24-31-19-12-28-10-8-20(19)37-24)23(32-25)33-26(36)9-7-17(13-34)22(26)35/h3-6,8,10,12,14,17,22,34-36H,7,9,11,13H2,1-2H3,(H2,29,30,32,33)/t14?,17-,22-,26+/m1/s1. The molecule has 3 heterocycles. The van der Waals surface area contributed by atoms with Crippen molar-refractivity contribution in [1.29, 1.82) is 0 Å². The van der Waals surface area contributed by atoms with Crippen LogP contribution in [0.5, 0.6) is 0 Å². The van der Waals surface area contributed by atoms with Crippen LogP contribution in [0.25, 0.3) is 20.8 Å². The van der Waals surface area contributed by atoms with E-state index in [1.54, 1.807) is 12.4 Å². The van der Waals surface area contributed by atoms with Gasteiger partial charge in [-0.3, -0.25) is 4.98 Å². The summed E-state index contributed by atoms with van der Waals surface area (Å²) < 4.78 is 0.967. The normalized spacial score (nSPS) is 22.3. The second-order valence-electron chi connectivity index (χ2n) is 9.57. The van der Waals surface area contributed by atoms with Gasteiger partial charge in [-0.2, -0.15) is 4.98 Å². The molecule has 1 aliphatic rings. The number of hydrogen-bond acceptors (Lipinski definition) is 10. The maximum atomic E-state index is 11.3. The number of anilines is 2. The van der Waals surface area contributed by atoms with Crippen LogP contribution in [0, 0.1) is 12.8 Å². The van der Waals surface area contributed by atoms with E-state index in [1.807, 2.05) is 44.2 Å². The summed E-state index contributed by atoms with van der Waals surface area (Å²) in [5, 5.41) is 39.5. The monoisotopic (exact) mass is 540 g/mol. The number of aromatic nitrogens is 4. The molecule has 5 N–H and O–H groups in total. The van der Waals surface area contributed by atoms with Crippen LogP contribution in [-0.4, -0.2) is 59.7 Å². The summed E-state index contributed by atoms with van der Waals surface area (Å²) in [6, 6.07) is 9.60. The lowest BCUT2D eigenvalue weighted by molar-refractivity contribution is -0.0545. The summed E-state index contributed by atoms with van der Waals surface area (Å²) in [5.41, 5.74) is 1.54. The van der Waals surface area contributed by atoms with Crippen LogP contribution in [0.4, 0.5) is 11.8 Å². The van der Waals surface area contributed by atoms with Gasteiger partial charge in [0, 0.05) is 29.8 Å². The highest BCUT2D eigenvalue weighted by Gasteiger charge is 2.47. The van der Waals surface area contributed by atoms with Gasteiger partial charge in [-0.25, -0.2) is 9.97 Å². The number of aliphatic hydroxyl groups is 3. The first kappa shape index (κ1) is 25.7. The molecule has 3 aromatic heterocycles. The lowest BCUT2D eigenvalue weighted by Gasteiger charge is -2.31. The predicted octanol–water partition coefficient (Wildman–Crippen LogP) is 4.02. The molecule has 194 valence electrons. The molecule has 1 aliphatic carbocycles. The third-order valence-corrected chi connectivity index (χ3v) is 8.03. The van der Waals surface area contributed by atoms with Crippen LogP contribution < -0.4 is 10.6 Å². The molecule has 0 saturated heterocycles. The van der Waals surface area contributed by atoms with Crippen molar-refractivity contribution in [2.45, 2.75) is 51.0 Å². The fourth-order valence-corrected chi connectivity index (χ4v) is 5.91. The van der Waals surface area contributed by atoms with Gasteiger partial charge in [0.15, 0.2) is 5.72 Å². The van der Waals surface area contributed by atoms with Crippen molar-refractivity contribution >= 4 is 44.9 Å². The number of fused-ring (bicyclic) bond motifs is 1. The van der Waals surface area contributed by atoms with Gasteiger partial charge >= 0.3 is 0 Å². The van der Waals surface area contributed by atoms with Crippen molar-refractivity contribution < 1.29 is 15.3 Å². The molecule has 0 amide bonds. The average molecular weight is 541 g/mol. The van der Waals surface area contributed by atoms with E-state index in [0.717, 1.165) is 22.2 Å². The molecule has 11 heteroatoms. The Morgan fingerprint density at radius 2 is 1.97 bits per heavy atom. The molecule has 9 nitrogen and oxygen atoms in total. The summed E-state index contributed by atoms with van der Waals surface area (Å²) in [5.74, 6) is 0.332. The molecule has 4 atom stereocenters. The van der Waals surface area contributed by atoms with Gasteiger partial charge in [-0.05, 0) is 56.9 Å². The lowest BCUT2D eigenvalue weighted by atomic mass is 10.0. The summed E-state index contributed by atoms with van der Waals surface area (Å²) in [6.45, 7) is 3.70. The Hall–Kier alpha value is -2.89. The Labute approximate surface area is 223 Å². The van der Waals surface area contributed by atoms with Crippen molar-refractivity contribution in [3.05, 3.63) is 59.0 Å². The minimum absolute atomic E-state index is 0.00623. The number of rotatable bonds is 8. The summed E-state index contributed by atoms with van der Waals surface area (Å²) in [6.07, 6.45) is 3.75. The Morgan fingerprint density at radius 3 is 2.68 bits per heavy atom. The summed E-state index contributed by atoms with van der Waals surface area (Å²) >= 11 is 7.49. The first-order valence-corrected chi connectivity index (χ1v) is 13.3. The Bertz CT molecular complexity index is 1370. The lowest BCUT2D eigenvalue weighted by Crippen LogP contribution is -2.48. The average Bonchev–Trinajstić information content (AvgIpc) is 3.40. The number of nitrogens with one attached hydrogen (secondary N) is 2. The third kappa shape index (κ3) is 5.39. The number of nitrogens with zero attached hydrogens (tertiary/aromatic N) is 4. The van der Waals surface area contributed by atoms with Gasteiger partial charge in [0.25, 0.3) is 0 Å². The zero-order valence-electron chi connectivity index (χ0n) is 20.5. The highest BCUT2D eigenvalue weighted by molar-refractivity contribution is 7.21. The number of aryl methyl sites for hydroxylation is 1. The topological polar surface area (TPSA) is 136 Å². The van der Waals surface area contributed by atoms with Crippen LogP contribution in [0.15, 0.2) is 42.7 Å². The Kier molecular flexibility index (Phi) is 7.28. The van der Waals surface area contributed by atoms with Crippen molar-refractivity contribution in [2.24, 2.45) is 5.92 Å². The SMILES string of the molecule is Cc1nc(NC(C)Cc2ccc(Cl)cc2)nc(N[C@]2(O)CC[C@H](CO)[C@H]2O)c1-c1nc2cnccc2s1. The van der Waals surface area contributed by atoms with E-state index >= 15 is 0 Å². The molecular weight excluding hydrogens is 512 g/mol. The summed E-state index contributed by atoms with van der Waals surface area (Å²) in [4.78, 5) is 18.3. The molecule has 0 spiro atoms. The van der Waals surface area contributed by atoms with Crippen LogP contribution in [0.1, 0.15) is 31.0 Å². The minimum Gasteiger partial charge on any atom is -0.396 e. The fraction of sp³-hybridized carbons (Fsp3) is 0.385. The summed E-state index contributed by atoms with van der Waals surface area (Å²) in [7, 11) is 0. The van der Waals surface area contributed by atoms with Gasteiger partial charge in [-0.1, -0.05) is 23.7 Å². The number of halogens is 1. The van der Waals surface area contributed by atoms with E-state index in [4.69, 9.17) is 26.6 Å². The molecule has 1 fully saturated rings. The van der Waals surface area contributed by atoms with Gasteiger partial charge in [0.2, 0.25) is 5.95 Å². The molecule has 0 radical (unpaired) electrons. The van der Waals surface area contributed by atoms with Crippen LogP contribution in [0.2, 0.25) is 5.02 Å². The van der Waals surface area contributed by atoms with Crippen molar-refractivity contribution in [2.75, 3.05) is 17.2 Å². The van der Waals surface area contributed by atoms with E-state index in [0.29, 0.717) is 39.5 Å². The number of benzene rings is 1. The van der Waals surface area contributed by atoms with E-state index in [2.05, 4.69) is 15.6 Å². The molecular formula is C26H29ClN6O3S. The molecule has 1 saturated carbocycles. The highest BCUT2D eigenvalue weighted by Crippen LogP contribution is 2.40. The first-order valence-electron chi connectivity index (χ1n) is 12.2. The maximum absolute atomic E-state index is 11.3. The highest BCUT2D eigenvalue weighted by atomic mass is 35.5. The molecule has 0 bridgehead atoms. The number of thiazole rings is 1. The largest absolute Gasteiger partial charge is 0.396 e. The molecule has 5 rings (SSSR count). The predicted molar refractivity (Wildman–Crippen MR) is 146 cm³/mol. The van der Waals surface area contributed by atoms with E-state index in [1.165, 1.54) is 11.3 Å². The second kappa shape index (κ2) is 10.5. The van der Waals surface area contributed by atoms with E-state index in [9.17, 15) is 15.3 Å². The third-order valence-electron chi connectivity index (χ3n) is 6.73. The van der Waals surface area contributed by atoms with E-state index in [-0.39, 0.29) is 19.1 Å². The number of hydrogen-bond donors (Lipinski definition) is 5. The zero-order valence-corrected chi connectivity index (χ0v) is 22.1. The van der Waals surface area contributed by atoms with Crippen LogP contribution >= 0.6 is 22.9 Å². The van der Waals surface area contributed by atoms with Gasteiger partial charge in [-0.15, -0.1) is 11.3 Å². The van der Waals surface area contributed by atoms with E-state index < -0.39 is 17.7 Å². The molecule has 1 aromatic carbocycles. The van der Waals surface area contributed by atoms with Crippen LogP contribution in [0.3, 0.4) is 0 Å². The first-order chi connectivity index (χ1) is 17.8. The number of pyridine rings is 1. The van der Waals surface area contributed by atoms with Crippen molar-refractivity contribution in [1.82, 2.24) is 19.9 Å². The van der Waals surface area contributed by atoms with Crippen LogP contribution in [-0.2, 0) is 6.42 Å². The zero-order chi connectivity index (χ0) is 26.2. The Morgan fingerprint density at radius 1 is 1.19 bits per heavy atom. The molecule has 1 unspecified atom stereocenters. The maximum Gasteiger partial charge on any atom is 0.225 e. The van der Waals surface area contributed by atoms with Crippen molar-refractivity contribution in [3.8, 4) is 10.6 Å².